The first kappa shape index (κ1) is 15.9. The molecule has 0 saturated carbocycles. The van der Waals surface area contributed by atoms with Crippen molar-refractivity contribution in [3.63, 3.8) is 0 Å². The summed E-state index contributed by atoms with van der Waals surface area (Å²) in [6, 6.07) is 14.9. The fourth-order valence-electron chi connectivity index (χ4n) is 4.00. The summed E-state index contributed by atoms with van der Waals surface area (Å²) in [5, 5.41) is 10.9. The minimum absolute atomic E-state index is 0.0204. The van der Waals surface area contributed by atoms with Crippen LogP contribution in [0.1, 0.15) is 12.1 Å². The van der Waals surface area contributed by atoms with Gasteiger partial charge in [-0.3, -0.25) is 9.59 Å². The number of aromatic nitrogens is 1. The Balaban J connectivity index is 1.30. The van der Waals surface area contributed by atoms with Gasteiger partial charge < -0.3 is 20.1 Å². The molecule has 2 N–H and O–H groups in total. The lowest BCUT2D eigenvalue weighted by atomic mass is 10.1. The van der Waals surface area contributed by atoms with Gasteiger partial charge in [0.1, 0.15) is 11.7 Å². The highest BCUT2D eigenvalue weighted by Gasteiger charge is 2.41. The van der Waals surface area contributed by atoms with Gasteiger partial charge >= 0.3 is 0 Å². The van der Waals surface area contributed by atoms with Gasteiger partial charge in [-0.1, -0.05) is 29.4 Å². The number of rotatable bonds is 3. The van der Waals surface area contributed by atoms with Crippen molar-refractivity contribution in [2.75, 3.05) is 16.8 Å². The van der Waals surface area contributed by atoms with Crippen molar-refractivity contribution < 1.29 is 14.1 Å². The van der Waals surface area contributed by atoms with Crippen molar-refractivity contribution in [3.05, 3.63) is 54.2 Å². The second-order valence-corrected chi connectivity index (χ2v) is 6.98. The molecule has 2 amide bonds. The van der Waals surface area contributed by atoms with Crippen LogP contribution >= 0.6 is 0 Å². The van der Waals surface area contributed by atoms with E-state index in [9.17, 15) is 9.59 Å². The largest absolute Gasteiger partial charge is 0.356 e. The Morgan fingerprint density at radius 3 is 2.96 bits per heavy atom. The third-order valence-electron chi connectivity index (χ3n) is 5.22. The number of nitrogens with zero attached hydrogens (tertiary/aromatic N) is 2. The van der Waals surface area contributed by atoms with E-state index < -0.39 is 0 Å². The molecule has 2 aliphatic heterocycles. The van der Waals surface area contributed by atoms with Crippen molar-refractivity contribution in [3.8, 4) is 0 Å². The molecule has 0 spiro atoms. The third-order valence-corrected chi connectivity index (χ3v) is 5.22. The first-order valence-corrected chi connectivity index (χ1v) is 8.98. The molecule has 3 heterocycles. The zero-order valence-corrected chi connectivity index (χ0v) is 14.5. The van der Waals surface area contributed by atoms with Crippen molar-refractivity contribution in [1.82, 2.24) is 10.5 Å². The van der Waals surface area contributed by atoms with Crippen LogP contribution in [0.4, 0.5) is 11.4 Å². The van der Waals surface area contributed by atoms with Crippen LogP contribution in [0.15, 0.2) is 53.1 Å². The van der Waals surface area contributed by atoms with Crippen LogP contribution in [0, 0.1) is 0 Å². The first-order chi connectivity index (χ1) is 13.2. The summed E-state index contributed by atoms with van der Waals surface area (Å²) >= 11 is 0. The zero-order chi connectivity index (χ0) is 18.4. The fourth-order valence-corrected chi connectivity index (χ4v) is 4.00. The molecule has 1 fully saturated rings. The van der Waals surface area contributed by atoms with Crippen molar-refractivity contribution in [2.24, 2.45) is 0 Å². The molecular weight excluding hydrogens is 344 g/mol. The van der Waals surface area contributed by atoms with Gasteiger partial charge in [0.2, 0.25) is 11.8 Å². The number of hydrogen-bond donors (Lipinski definition) is 2. The zero-order valence-electron chi connectivity index (χ0n) is 14.5. The maximum Gasteiger partial charge on any atom is 0.247 e. The average Bonchev–Trinajstić information content (AvgIpc) is 3.27. The van der Waals surface area contributed by atoms with Gasteiger partial charge in [0, 0.05) is 18.0 Å². The second-order valence-electron chi connectivity index (χ2n) is 6.98. The average molecular weight is 362 g/mol. The molecule has 2 atom stereocenters. The Morgan fingerprint density at radius 1 is 1.22 bits per heavy atom. The van der Waals surface area contributed by atoms with E-state index in [1.807, 2.05) is 48.5 Å². The molecule has 1 aromatic heterocycles. The smallest absolute Gasteiger partial charge is 0.247 e. The van der Waals surface area contributed by atoms with E-state index in [2.05, 4.69) is 20.7 Å². The molecule has 0 bridgehead atoms. The predicted molar refractivity (Wildman–Crippen MR) is 100 cm³/mol. The standard InChI is InChI=1S/C20H18N4O3/c25-19(10-15-13-5-1-4-8-18(13)27-23-15)21-12-9-17-20(26)22-14-6-2-3-7-16(14)24(17)11-12/h1-8,12,17H,9-11H2,(H,21,25)(H,22,26). The van der Waals surface area contributed by atoms with Crippen LogP contribution in [-0.2, 0) is 16.0 Å². The highest BCUT2D eigenvalue weighted by molar-refractivity contribution is 6.04. The number of carbonyl (C=O) groups excluding carboxylic acids is 2. The lowest BCUT2D eigenvalue weighted by Gasteiger charge is -2.32. The van der Waals surface area contributed by atoms with E-state index in [4.69, 9.17) is 4.52 Å². The molecule has 3 aromatic rings. The topological polar surface area (TPSA) is 87.5 Å². The molecule has 2 unspecified atom stereocenters. The minimum Gasteiger partial charge on any atom is -0.356 e. The van der Waals surface area contributed by atoms with Crippen LogP contribution < -0.4 is 15.5 Å². The van der Waals surface area contributed by atoms with Crippen LogP contribution in [0.2, 0.25) is 0 Å². The van der Waals surface area contributed by atoms with Gasteiger partial charge in [-0.05, 0) is 30.7 Å². The minimum atomic E-state index is -0.252. The van der Waals surface area contributed by atoms with Crippen molar-refractivity contribution >= 4 is 34.2 Å². The van der Waals surface area contributed by atoms with Gasteiger partial charge in [-0.2, -0.15) is 0 Å². The summed E-state index contributed by atoms with van der Waals surface area (Å²) in [6.45, 7) is 0.612. The normalized spacial score (nSPS) is 20.9. The Hall–Kier alpha value is -3.35. The van der Waals surface area contributed by atoms with Crippen LogP contribution in [0.5, 0.6) is 0 Å². The van der Waals surface area contributed by atoms with Crippen molar-refractivity contribution in [1.29, 1.82) is 0 Å². The summed E-state index contributed by atoms with van der Waals surface area (Å²) in [7, 11) is 0. The van der Waals surface area contributed by atoms with E-state index in [0.29, 0.717) is 24.2 Å². The van der Waals surface area contributed by atoms with Crippen molar-refractivity contribution in [2.45, 2.75) is 24.9 Å². The lowest BCUT2D eigenvalue weighted by Crippen LogP contribution is -2.44. The number of nitrogens with one attached hydrogen (secondary N) is 2. The maximum absolute atomic E-state index is 12.5. The van der Waals surface area contributed by atoms with Crippen LogP contribution in [0.25, 0.3) is 11.0 Å². The molecular formula is C20H18N4O3. The quantitative estimate of drug-likeness (QED) is 0.745. The van der Waals surface area contributed by atoms with E-state index in [1.54, 1.807) is 0 Å². The Bertz CT molecular complexity index is 1040. The highest BCUT2D eigenvalue weighted by Crippen LogP contribution is 2.36. The summed E-state index contributed by atoms with van der Waals surface area (Å²) in [5.74, 6) is -0.138. The maximum atomic E-state index is 12.5. The number of hydrogen-bond acceptors (Lipinski definition) is 5. The van der Waals surface area contributed by atoms with Crippen LogP contribution in [0.3, 0.4) is 0 Å². The molecule has 7 nitrogen and oxygen atoms in total. The van der Waals surface area contributed by atoms with Gasteiger partial charge in [-0.15, -0.1) is 0 Å². The predicted octanol–water partition coefficient (Wildman–Crippen LogP) is 2.09. The number of para-hydroxylation sites is 3. The van der Waals surface area contributed by atoms with Gasteiger partial charge in [0.15, 0.2) is 5.58 Å². The molecule has 1 saturated heterocycles. The summed E-state index contributed by atoms with van der Waals surface area (Å²) < 4.78 is 5.26. The second kappa shape index (κ2) is 6.12. The number of carbonyl (C=O) groups is 2. The number of anilines is 2. The van der Waals surface area contributed by atoms with Gasteiger partial charge in [-0.25, -0.2) is 0 Å². The molecule has 2 aromatic carbocycles. The Labute approximate surface area is 155 Å². The molecule has 7 heteroatoms. The monoisotopic (exact) mass is 362 g/mol. The van der Waals surface area contributed by atoms with Gasteiger partial charge in [0.25, 0.3) is 0 Å². The fraction of sp³-hybridized carbons (Fsp3) is 0.250. The summed E-state index contributed by atoms with van der Waals surface area (Å²) in [5.41, 5.74) is 3.12. The summed E-state index contributed by atoms with van der Waals surface area (Å²) in [4.78, 5) is 27.0. The van der Waals surface area contributed by atoms with Crippen LogP contribution in [-0.4, -0.2) is 35.6 Å². The Morgan fingerprint density at radius 2 is 2.04 bits per heavy atom. The first-order valence-electron chi connectivity index (χ1n) is 8.98. The molecule has 27 heavy (non-hydrogen) atoms. The number of amides is 2. The number of fused-ring (bicyclic) bond motifs is 4. The molecule has 136 valence electrons. The SMILES string of the molecule is O=C(Cc1noc2ccccc12)NC1CC2C(=O)Nc3ccccc3N2C1. The third kappa shape index (κ3) is 2.71. The molecule has 2 aliphatic rings. The van der Waals surface area contributed by atoms with E-state index in [0.717, 1.165) is 16.8 Å². The van der Waals surface area contributed by atoms with E-state index >= 15 is 0 Å². The molecule has 5 rings (SSSR count). The molecule has 0 radical (unpaired) electrons. The summed E-state index contributed by atoms with van der Waals surface area (Å²) in [6.07, 6.45) is 0.742. The van der Waals surface area contributed by atoms with E-state index in [1.165, 1.54) is 0 Å². The van der Waals surface area contributed by atoms with Gasteiger partial charge in [0.05, 0.1) is 17.8 Å². The molecule has 0 aliphatic carbocycles. The number of benzene rings is 2. The Kier molecular flexibility index (Phi) is 3.60. The lowest BCUT2D eigenvalue weighted by molar-refractivity contribution is -0.121. The highest BCUT2D eigenvalue weighted by atomic mass is 16.5. The van der Waals surface area contributed by atoms with E-state index in [-0.39, 0.29) is 30.3 Å².